The Morgan fingerprint density at radius 2 is 2.42 bits per heavy atom. The number of aromatic nitrogens is 3. The van der Waals surface area contributed by atoms with Crippen LogP contribution >= 0.6 is 0 Å². The summed E-state index contributed by atoms with van der Waals surface area (Å²) in [6.07, 6.45) is 2.25. The molecule has 68 valence electrons. The second kappa shape index (κ2) is 3.94. The van der Waals surface area contributed by atoms with Crippen molar-refractivity contribution in [1.29, 1.82) is 0 Å². The van der Waals surface area contributed by atoms with Crippen molar-refractivity contribution in [2.45, 2.75) is 32.7 Å². The van der Waals surface area contributed by atoms with Crippen LogP contribution in [0, 0.1) is 0 Å². The molecule has 1 aromatic rings. The summed E-state index contributed by atoms with van der Waals surface area (Å²) >= 11 is 0. The Bertz CT molecular complexity index is 231. The highest BCUT2D eigenvalue weighted by Crippen LogP contribution is 2.04. The van der Waals surface area contributed by atoms with E-state index in [4.69, 9.17) is 5.73 Å². The van der Waals surface area contributed by atoms with Gasteiger partial charge in [0.2, 0.25) is 11.9 Å². The summed E-state index contributed by atoms with van der Waals surface area (Å²) in [6.45, 7) is 4.24. The summed E-state index contributed by atoms with van der Waals surface area (Å²) in [5.41, 5.74) is 5.36. The molecule has 1 rings (SSSR count). The molecule has 0 amide bonds. The van der Waals surface area contributed by atoms with Crippen molar-refractivity contribution in [3.05, 3.63) is 0 Å². The molecule has 5 nitrogen and oxygen atoms in total. The van der Waals surface area contributed by atoms with Gasteiger partial charge < -0.3 is 11.1 Å². The van der Waals surface area contributed by atoms with Crippen molar-refractivity contribution in [1.82, 2.24) is 15.2 Å². The fraction of sp³-hybridized carbons (Fsp3) is 0.714. The van der Waals surface area contributed by atoms with E-state index in [1.807, 2.05) is 0 Å². The minimum absolute atomic E-state index is 0.348. The first-order valence-electron chi connectivity index (χ1n) is 4.16. The third-order valence-corrected chi connectivity index (χ3v) is 1.60. The number of nitrogens with one attached hydrogen (secondary N) is 2. The van der Waals surface area contributed by atoms with Crippen LogP contribution in [0.5, 0.6) is 0 Å². The molecule has 1 heterocycles. The van der Waals surface area contributed by atoms with Crippen LogP contribution in [0.3, 0.4) is 0 Å². The molecule has 0 saturated heterocycles. The van der Waals surface area contributed by atoms with Crippen LogP contribution in [-0.4, -0.2) is 21.2 Å². The number of H-pyrrole nitrogens is 1. The van der Waals surface area contributed by atoms with Crippen molar-refractivity contribution in [3.63, 3.8) is 0 Å². The zero-order chi connectivity index (χ0) is 8.97. The van der Waals surface area contributed by atoms with Crippen LogP contribution in [0.1, 0.15) is 26.7 Å². The SMILES string of the molecule is CCCC(C)Nc1n[nH]c(N)n1. The molecule has 0 saturated carbocycles. The number of hydrogen-bond donors (Lipinski definition) is 3. The Balaban J connectivity index is 2.41. The van der Waals surface area contributed by atoms with E-state index in [-0.39, 0.29) is 0 Å². The van der Waals surface area contributed by atoms with Crippen molar-refractivity contribution in [2.75, 3.05) is 11.1 Å². The van der Waals surface area contributed by atoms with Gasteiger partial charge in [0.15, 0.2) is 0 Å². The lowest BCUT2D eigenvalue weighted by molar-refractivity contribution is 0.684. The van der Waals surface area contributed by atoms with Crippen molar-refractivity contribution >= 4 is 11.9 Å². The number of nitrogens with two attached hydrogens (primary N) is 1. The average molecular weight is 169 g/mol. The first-order valence-corrected chi connectivity index (χ1v) is 4.16. The van der Waals surface area contributed by atoms with Gasteiger partial charge in [0.25, 0.3) is 0 Å². The number of nitrogen functional groups attached to an aromatic ring is 1. The van der Waals surface area contributed by atoms with E-state index < -0.39 is 0 Å². The number of nitrogens with zero attached hydrogens (tertiary/aromatic N) is 2. The lowest BCUT2D eigenvalue weighted by atomic mass is 10.2. The molecule has 0 aliphatic heterocycles. The van der Waals surface area contributed by atoms with E-state index in [0.717, 1.165) is 12.8 Å². The minimum Gasteiger partial charge on any atom is -0.368 e. The summed E-state index contributed by atoms with van der Waals surface area (Å²) in [5.74, 6) is 0.926. The maximum Gasteiger partial charge on any atom is 0.243 e. The molecule has 0 aliphatic carbocycles. The molecule has 1 unspecified atom stereocenters. The fourth-order valence-electron chi connectivity index (χ4n) is 1.06. The standard InChI is InChI=1S/C7H15N5/c1-3-4-5(2)9-7-10-6(8)11-12-7/h5H,3-4H2,1-2H3,(H4,8,9,10,11,12). The highest BCUT2D eigenvalue weighted by Gasteiger charge is 2.03. The molecule has 1 atom stereocenters. The molecule has 0 radical (unpaired) electrons. The Morgan fingerprint density at radius 1 is 1.67 bits per heavy atom. The summed E-state index contributed by atoms with van der Waals surface area (Å²) in [6, 6.07) is 0.394. The van der Waals surface area contributed by atoms with E-state index in [1.54, 1.807) is 0 Å². The third-order valence-electron chi connectivity index (χ3n) is 1.60. The lowest BCUT2D eigenvalue weighted by Gasteiger charge is -2.09. The van der Waals surface area contributed by atoms with Gasteiger partial charge in [0, 0.05) is 6.04 Å². The fourth-order valence-corrected chi connectivity index (χ4v) is 1.06. The van der Waals surface area contributed by atoms with Crippen LogP contribution in [0.25, 0.3) is 0 Å². The van der Waals surface area contributed by atoms with E-state index >= 15 is 0 Å². The van der Waals surface area contributed by atoms with Crippen molar-refractivity contribution < 1.29 is 0 Å². The van der Waals surface area contributed by atoms with Gasteiger partial charge in [-0.3, -0.25) is 0 Å². The summed E-state index contributed by atoms with van der Waals surface area (Å²) < 4.78 is 0. The van der Waals surface area contributed by atoms with Crippen molar-refractivity contribution in [3.8, 4) is 0 Å². The van der Waals surface area contributed by atoms with Gasteiger partial charge in [-0.2, -0.15) is 4.98 Å². The van der Waals surface area contributed by atoms with Gasteiger partial charge in [0.05, 0.1) is 0 Å². The van der Waals surface area contributed by atoms with E-state index in [2.05, 4.69) is 34.3 Å². The van der Waals surface area contributed by atoms with Crippen LogP contribution < -0.4 is 11.1 Å². The second-order valence-electron chi connectivity index (χ2n) is 2.88. The number of aromatic amines is 1. The van der Waals surface area contributed by atoms with Crippen LogP contribution in [-0.2, 0) is 0 Å². The Labute approximate surface area is 71.8 Å². The minimum atomic E-state index is 0.348. The van der Waals surface area contributed by atoms with Crippen LogP contribution in [0.15, 0.2) is 0 Å². The maximum absolute atomic E-state index is 5.36. The Morgan fingerprint density at radius 3 is 2.92 bits per heavy atom. The molecular formula is C7H15N5. The van der Waals surface area contributed by atoms with Gasteiger partial charge in [-0.15, -0.1) is 5.10 Å². The molecule has 0 aromatic carbocycles. The second-order valence-corrected chi connectivity index (χ2v) is 2.88. The molecule has 5 heteroatoms. The van der Waals surface area contributed by atoms with E-state index in [0.29, 0.717) is 17.9 Å². The lowest BCUT2D eigenvalue weighted by Crippen LogP contribution is -2.15. The first kappa shape index (κ1) is 8.83. The quantitative estimate of drug-likeness (QED) is 0.628. The highest BCUT2D eigenvalue weighted by atomic mass is 15.3. The monoisotopic (exact) mass is 169 g/mol. The Kier molecular flexibility index (Phi) is 2.90. The van der Waals surface area contributed by atoms with Crippen molar-refractivity contribution in [2.24, 2.45) is 0 Å². The van der Waals surface area contributed by atoms with E-state index in [1.165, 1.54) is 0 Å². The average Bonchev–Trinajstić information content (AvgIpc) is 2.36. The topological polar surface area (TPSA) is 79.6 Å². The zero-order valence-corrected chi connectivity index (χ0v) is 7.46. The van der Waals surface area contributed by atoms with Gasteiger partial charge >= 0.3 is 0 Å². The predicted octanol–water partition coefficient (Wildman–Crippen LogP) is 0.987. The summed E-state index contributed by atoms with van der Waals surface area (Å²) in [4.78, 5) is 3.93. The third kappa shape index (κ3) is 2.41. The van der Waals surface area contributed by atoms with Crippen LogP contribution in [0.2, 0.25) is 0 Å². The van der Waals surface area contributed by atoms with E-state index in [9.17, 15) is 0 Å². The van der Waals surface area contributed by atoms with Gasteiger partial charge in [-0.1, -0.05) is 13.3 Å². The highest BCUT2D eigenvalue weighted by molar-refractivity contribution is 5.30. The summed E-state index contributed by atoms with van der Waals surface area (Å²) in [7, 11) is 0. The normalized spacial score (nSPS) is 12.8. The first-order chi connectivity index (χ1) is 5.72. The summed E-state index contributed by atoms with van der Waals surface area (Å²) in [5, 5.41) is 9.57. The molecule has 4 N–H and O–H groups in total. The maximum atomic E-state index is 5.36. The zero-order valence-electron chi connectivity index (χ0n) is 7.46. The van der Waals surface area contributed by atoms with Gasteiger partial charge in [-0.25, -0.2) is 5.10 Å². The largest absolute Gasteiger partial charge is 0.368 e. The van der Waals surface area contributed by atoms with Gasteiger partial charge in [-0.05, 0) is 13.3 Å². The molecule has 0 bridgehead atoms. The molecule has 0 spiro atoms. The Hall–Kier alpha value is -1.26. The molecule has 12 heavy (non-hydrogen) atoms. The number of hydrogen-bond acceptors (Lipinski definition) is 4. The molecule has 0 fully saturated rings. The van der Waals surface area contributed by atoms with Gasteiger partial charge in [0.1, 0.15) is 0 Å². The smallest absolute Gasteiger partial charge is 0.243 e. The van der Waals surface area contributed by atoms with Crippen LogP contribution in [0.4, 0.5) is 11.9 Å². The molecular weight excluding hydrogens is 154 g/mol. The molecule has 1 aromatic heterocycles. The predicted molar refractivity (Wildman–Crippen MR) is 48.8 cm³/mol. The molecule has 0 aliphatic rings. The number of anilines is 2. The number of rotatable bonds is 4.